The molecule has 18 heavy (non-hydrogen) atoms. The van der Waals surface area contributed by atoms with E-state index in [0.717, 1.165) is 31.2 Å². The second-order valence-corrected chi connectivity index (χ2v) is 5.42. The van der Waals surface area contributed by atoms with E-state index in [9.17, 15) is 4.79 Å². The van der Waals surface area contributed by atoms with Gasteiger partial charge in [-0.25, -0.2) is 0 Å². The third-order valence-electron chi connectivity index (χ3n) is 4.16. The quantitative estimate of drug-likeness (QED) is 0.805. The van der Waals surface area contributed by atoms with Gasteiger partial charge in [-0.2, -0.15) is 4.98 Å². The highest BCUT2D eigenvalue weighted by atomic mass is 16.5. The Morgan fingerprint density at radius 2 is 2.06 bits per heavy atom. The average molecular weight is 249 g/mol. The molecule has 0 aromatic carbocycles. The Morgan fingerprint density at radius 3 is 2.72 bits per heavy atom. The molecule has 98 valence electrons. The van der Waals surface area contributed by atoms with Gasteiger partial charge in [-0.05, 0) is 19.3 Å². The summed E-state index contributed by atoms with van der Waals surface area (Å²) in [5.74, 6) is 2.46. The molecule has 0 radical (unpaired) electrons. The highest BCUT2D eigenvalue weighted by molar-refractivity contribution is 5.73. The van der Waals surface area contributed by atoms with Crippen molar-refractivity contribution in [2.45, 2.75) is 50.9 Å². The van der Waals surface area contributed by atoms with Crippen LogP contribution in [0.3, 0.4) is 0 Å². The molecule has 1 aliphatic heterocycles. The van der Waals surface area contributed by atoms with Crippen molar-refractivity contribution in [3.8, 4) is 0 Å². The first-order valence-electron chi connectivity index (χ1n) is 6.83. The van der Waals surface area contributed by atoms with Crippen LogP contribution in [0.15, 0.2) is 4.52 Å². The van der Waals surface area contributed by atoms with Crippen LogP contribution in [0.2, 0.25) is 0 Å². The molecule has 2 heterocycles. The highest BCUT2D eigenvalue weighted by Crippen LogP contribution is 2.34. The fourth-order valence-corrected chi connectivity index (χ4v) is 3.01. The van der Waals surface area contributed by atoms with E-state index in [1.54, 1.807) is 6.92 Å². The molecule has 1 amide bonds. The fourth-order valence-electron chi connectivity index (χ4n) is 3.01. The molecule has 5 heteroatoms. The minimum absolute atomic E-state index is 0.132. The number of rotatable bonds is 2. The molecule has 2 fully saturated rings. The number of amides is 1. The zero-order chi connectivity index (χ0) is 12.5. The van der Waals surface area contributed by atoms with Crippen molar-refractivity contribution in [1.29, 1.82) is 0 Å². The van der Waals surface area contributed by atoms with E-state index in [1.165, 1.54) is 25.7 Å². The van der Waals surface area contributed by atoms with E-state index in [1.807, 2.05) is 4.90 Å². The second kappa shape index (κ2) is 4.71. The van der Waals surface area contributed by atoms with Crippen LogP contribution >= 0.6 is 0 Å². The normalized spacial score (nSPS) is 24.9. The van der Waals surface area contributed by atoms with Gasteiger partial charge in [0.25, 0.3) is 0 Å². The maximum atomic E-state index is 11.3. The summed E-state index contributed by atoms with van der Waals surface area (Å²) in [5, 5.41) is 4.12. The van der Waals surface area contributed by atoms with Crippen LogP contribution in [-0.2, 0) is 4.79 Å². The summed E-state index contributed by atoms with van der Waals surface area (Å²) in [6, 6.07) is 0. The lowest BCUT2D eigenvalue weighted by Gasteiger charge is -2.11. The lowest BCUT2D eigenvalue weighted by atomic mass is 10.1. The first kappa shape index (κ1) is 11.7. The van der Waals surface area contributed by atoms with Crippen molar-refractivity contribution in [3.05, 3.63) is 11.7 Å². The summed E-state index contributed by atoms with van der Waals surface area (Å²) < 4.78 is 5.39. The number of nitrogens with zero attached hydrogens (tertiary/aromatic N) is 3. The van der Waals surface area contributed by atoms with Gasteiger partial charge in [0.1, 0.15) is 0 Å². The van der Waals surface area contributed by atoms with Gasteiger partial charge < -0.3 is 9.42 Å². The molecule has 3 rings (SSSR count). The molecule has 2 aliphatic rings. The maximum Gasteiger partial charge on any atom is 0.231 e. The number of carbonyl (C=O) groups excluding carboxylic acids is 1. The molecule has 0 bridgehead atoms. The minimum atomic E-state index is 0.132. The smallest absolute Gasteiger partial charge is 0.231 e. The minimum Gasteiger partial charge on any atom is -0.342 e. The molecule has 1 unspecified atom stereocenters. The first-order chi connectivity index (χ1) is 8.74. The van der Waals surface area contributed by atoms with E-state index >= 15 is 0 Å². The fraction of sp³-hybridized carbons (Fsp3) is 0.769. The van der Waals surface area contributed by atoms with E-state index in [4.69, 9.17) is 4.52 Å². The number of hydrogen-bond acceptors (Lipinski definition) is 4. The molecule has 5 nitrogen and oxygen atoms in total. The standard InChI is InChI=1S/C13H19N3O2/c1-9(17)16-7-6-11(8-16)13-14-12(15-18-13)10-4-2-3-5-10/h10-11H,2-8H2,1H3. The van der Waals surface area contributed by atoms with E-state index in [-0.39, 0.29) is 11.8 Å². The van der Waals surface area contributed by atoms with Crippen molar-refractivity contribution in [1.82, 2.24) is 15.0 Å². The Kier molecular flexibility index (Phi) is 3.06. The van der Waals surface area contributed by atoms with Crippen LogP contribution in [0, 0.1) is 0 Å². The SMILES string of the molecule is CC(=O)N1CCC(c2nc(C3CCCC3)no2)C1. The predicted octanol–water partition coefficient (Wildman–Crippen LogP) is 2.06. The van der Waals surface area contributed by atoms with Gasteiger partial charge in [0, 0.05) is 25.9 Å². The number of hydrogen-bond donors (Lipinski definition) is 0. The van der Waals surface area contributed by atoms with Gasteiger partial charge in [-0.1, -0.05) is 18.0 Å². The topological polar surface area (TPSA) is 59.2 Å². The largest absolute Gasteiger partial charge is 0.342 e. The molecule has 1 aliphatic carbocycles. The van der Waals surface area contributed by atoms with Gasteiger partial charge >= 0.3 is 0 Å². The zero-order valence-electron chi connectivity index (χ0n) is 10.8. The van der Waals surface area contributed by atoms with Crippen LogP contribution in [-0.4, -0.2) is 34.0 Å². The third kappa shape index (κ3) is 2.13. The molecule has 0 N–H and O–H groups in total. The van der Waals surface area contributed by atoms with Crippen molar-refractivity contribution in [2.75, 3.05) is 13.1 Å². The first-order valence-corrected chi connectivity index (χ1v) is 6.83. The van der Waals surface area contributed by atoms with Crippen LogP contribution in [0.25, 0.3) is 0 Å². The molecule has 1 saturated carbocycles. The van der Waals surface area contributed by atoms with Gasteiger partial charge in [0.15, 0.2) is 5.82 Å². The van der Waals surface area contributed by atoms with E-state index in [2.05, 4.69) is 10.1 Å². The summed E-state index contributed by atoms with van der Waals surface area (Å²) in [7, 11) is 0. The van der Waals surface area contributed by atoms with Crippen LogP contribution in [0.5, 0.6) is 0 Å². The van der Waals surface area contributed by atoms with E-state index in [0.29, 0.717) is 5.92 Å². The highest BCUT2D eigenvalue weighted by Gasteiger charge is 2.31. The third-order valence-corrected chi connectivity index (χ3v) is 4.16. The average Bonchev–Trinajstić information content (AvgIpc) is 3.10. The Balaban J connectivity index is 1.68. The van der Waals surface area contributed by atoms with Crippen LogP contribution in [0.4, 0.5) is 0 Å². The molecule has 0 spiro atoms. The lowest BCUT2D eigenvalue weighted by Crippen LogP contribution is -2.25. The molecule has 1 aromatic heterocycles. The second-order valence-electron chi connectivity index (χ2n) is 5.42. The number of aromatic nitrogens is 2. The Hall–Kier alpha value is -1.39. The van der Waals surface area contributed by atoms with Gasteiger partial charge in [0.05, 0.1) is 5.92 Å². The summed E-state index contributed by atoms with van der Waals surface area (Å²) in [4.78, 5) is 17.7. The Morgan fingerprint density at radius 1 is 1.28 bits per heavy atom. The van der Waals surface area contributed by atoms with Crippen molar-refractivity contribution in [3.63, 3.8) is 0 Å². The Bertz CT molecular complexity index is 437. The number of likely N-dealkylation sites (tertiary alicyclic amines) is 1. The van der Waals surface area contributed by atoms with Crippen LogP contribution < -0.4 is 0 Å². The Labute approximate surface area is 107 Å². The van der Waals surface area contributed by atoms with Crippen LogP contribution in [0.1, 0.15) is 62.6 Å². The van der Waals surface area contributed by atoms with Crippen molar-refractivity contribution in [2.24, 2.45) is 0 Å². The molecular formula is C13H19N3O2. The van der Waals surface area contributed by atoms with Gasteiger partial charge in [0.2, 0.25) is 11.8 Å². The number of carbonyl (C=O) groups is 1. The lowest BCUT2D eigenvalue weighted by molar-refractivity contribution is -0.127. The molecule has 1 aromatic rings. The maximum absolute atomic E-state index is 11.3. The molecular weight excluding hydrogens is 230 g/mol. The summed E-state index contributed by atoms with van der Waals surface area (Å²) in [5.41, 5.74) is 0. The summed E-state index contributed by atoms with van der Waals surface area (Å²) in [6.07, 6.45) is 5.85. The van der Waals surface area contributed by atoms with Gasteiger partial charge in [-0.15, -0.1) is 0 Å². The van der Waals surface area contributed by atoms with Crippen molar-refractivity contribution >= 4 is 5.91 Å². The molecule has 1 atom stereocenters. The van der Waals surface area contributed by atoms with E-state index < -0.39 is 0 Å². The summed E-state index contributed by atoms with van der Waals surface area (Å²) in [6.45, 7) is 3.14. The predicted molar refractivity (Wildman–Crippen MR) is 65.1 cm³/mol. The van der Waals surface area contributed by atoms with Gasteiger partial charge in [-0.3, -0.25) is 4.79 Å². The van der Waals surface area contributed by atoms with Crippen molar-refractivity contribution < 1.29 is 9.32 Å². The monoisotopic (exact) mass is 249 g/mol. The molecule has 1 saturated heterocycles. The summed E-state index contributed by atoms with van der Waals surface area (Å²) >= 11 is 0. The zero-order valence-corrected chi connectivity index (χ0v) is 10.8.